The van der Waals surface area contributed by atoms with Crippen LogP contribution in [-0.4, -0.2) is 90.1 Å². The molecule has 4 aliphatic heterocycles. The SMILES string of the molecule is CC1(C)CC(CCC(CCCC(=O)O)(CCC2(N3CC=CC=CC3=O)CC(C)(C)NC(C)(C)C2)C(=O)O)(N2CC=CC=CC2=O)CC(C)(C)N1. The Morgan fingerprint density at radius 1 is 0.660 bits per heavy atom. The number of piperidine rings is 2. The lowest BCUT2D eigenvalue weighted by Crippen LogP contribution is -2.69. The van der Waals surface area contributed by atoms with Gasteiger partial charge in [0.05, 0.1) is 5.41 Å². The number of aliphatic carboxylic acids is 2. The predicted molar refractivity (Wildman–Crippen MR) is 197 cm³/mol. The van der Waals surface area contributed by atoms with Crippen molar-refractivity contribution in [1.29, 1.82) is 0 Å². The molecule has 0 aliphatic carbocycles. The molecule has 50 heavy (non-hydrogen) atoms. The van der Waals surface area contributed by atoms with Crippen LogP contribution < -0.4 is 10.6 Å². The van der Waals surface area contributed by atoms with Crippen LogP contribution in [0, 0.1) is 5.41 Å². The van der Waals surface area contributed by atoms with Gasteiger partial charge in [-0.2, -0.15) is 0 Å². The van der Waals surface area contributed by atoms with Crippen molar-refractivity contribution in [2.24, 2.45) is 5.41 Å². The molecule has 278 valence electrons. The highest BCUT2D eigenvalue weighted by atomic mass is 16.4. The van der Waals surface area contributed by atoms with Crippen molar-refractivity contribution in [3.05, 3.63) is 48.6 Å². The zero-order chi connectivity index (χ0) is 37.2. The number of hydrogen-bond donors (Lipinski definition) is 4. The van der Waals surface area contributed by atoms with Crippen LogP contribution in [0.5, 0.6) is 0 Å². The van der Waals surface area contributed by atoms with Gasteiger partial charge in [0, 0.05) is 64.9 Å². The maximum atomic E-state index is 13.8. The van der Waals surface area contributed by atoms with Gasteiger partial charge in [-0.3, -0.25) is 19.2 Å². The third kappa shape index (κ3) is 9.35. The van der Waals surface area contributed by atoms with E-state index >= 15 is 0 Å². The third-order valence-corrected chi connectivity index (χ3v) is 11.3. The molecule has 0 spiro atoms. The van der Waals surface area contributed by atoms with Crippen molar-refractivity contribution in [2.75, 3.05) is 13.1 Å². The molecule has 0 aromatic carbocycles. The second kappa shape index (κ2) is 14.4. The summed E-state index contributed by atoms with van der Waals surface area (Å²) >= 11 is 0. The first-order valence-electron chi connectivity index (χ1n) is 18.4. The van der Waals surface area contributed by atoms with Gasteiger partial charge in [-0.25, -0.2) is 0 Å². The summed E-state index contributed by atoms with van der Waals surface area (Å²) in [5.74, 6) is -2.08. The number of carboxylic acid groups (broad SMARTS) is 2. The molecule has 10 nitrogen and oxygen atoms in total. The minimum absolute atomic E-state index is 0.0887. The van der Waals surface area contributed by atoms with E-state index < -0.39 is 28.4 Å². The molecule has 4 N–H and O–H groups in total. The van der Waals surface area contributed by atoms with Crippen molar-refractivity contribution in [3.63, 3.8) is 0 Å². The lowest BCUT2D eigenvalue weighted by molar-refractivity contribution is -0.153. The van der Waals surface area contributed by atoms with E-state index in [-0.39, 0.29) is 66.1 Å². The van der Waals surface area contributed by atoms with Gasteiger partial charge in [-0.15, -0.1) is 0 Å². The van der Waals surface area contributed by atoms with Gasteiger partial charge in [0.25, 0.3) is 0 Å². The Kier molecular flexibility index (Phi) is 11.4. The molecule has 0 radical (unpaired) electrons. The molecule has 0 aromatic rings. The number of amides is 2. The smallest absolute Gasteiger partial charge is 0.309 e. The number of rotatable bonds is 13. The van der Waals surface area contributed by atoms with E-state index in [1.807, 2.05) is 34.1 Å². The zero-order valence-electron chi connectivity index (χ0n) is 31.7. The number of nitrogens with zero attached hydrogens (tertiary/aromatic N) is 2. The second-order valence-corrected chi connectivity index (χ2v) is 18.2. The van der Waals surface area contributed by atoms with Crippen LogP contribution in [0.25, 0.3) is 0 Å². The lowest BCUT2D eigenvalue weighted by atomic mass is 9.62. The van der Waals surface area contributed by atoms with Crippen molar-refractivity contribution in [2.45, 2.75) is 159 Å². The highest BCUT2D eigenvalue weighted by Crippen LogP contribution is 2.50. The summed E-state index contributed by atoms with van der Waals surface area (Å²) in [7, 11) is 0. The Morgan fingerprint density at radius 3 is 1.38 bits per heavy atom. The van der Waals surface area contributed by atoms with Crippen LogP contribution in [0.3, 0.4) is 0 Å². The normalized spacial score (nSPS) is 24.9. The van der Waals surface area contributed by atoms with Crippen molar-refractivity contribution < 1.29 is 29.4 Å². The molecule has 4 rings (SSSR count). The molecule has 2 saturated heterocycles. The Bertz CT molecular complexity index is 1310. The average molecular weight is 695 g/mol. The first-order valence-corrected chi connectivity index (χ1v) is 18.4. The summed E-state index contributed by atoms with van der Waals surface area (Å²) in [5, 5.41) is 28.4. The fourth-order valence-electron chi connectivity index (χ4n) is 10.6. The summed E-state index contributed by atoms with van der Waals surface area (Å²) in [6.07, 6.45) is 18.7. The quantitative estimate of drug-likeness (QED) is 0.180. The minimum atomic E-state index is -1.27. The average Bonchev–Trinajstić information content (AvgIpc) is 3.30. The summed E-state index contributed by atoms with van der Waals surface area (Å²) < 4.78 is 0. The highest BCUT2D eigenvalue weighted by Gasteiger charge is 2.55. The number of hydrogen-bond acceptors (Lipinski definition) is 6. The van der Waals surface area contributed by atoms with Crippen LogP contribution in [0.2, 0.25) is 0 Å². The van der Waals surface area contributed by atoms with Gasteiger partial charge < -0.3 is 30.6 Å². The maximum absolute atomic E-state index is 13.8. The van der Waals surface area contributed by atoms with Gasteiger partial charge >= 0.3 is 11.9 Å². The van der Waals surface area contributed by atoms with Gasteiger partial charge in [-0.05, 0) is 120 Å². The summed E-state index contributed by atoms with van der Waals surface area (Å²) in [6, 6.07) is 0. The monoisotopic (exact) mass is 694 g/mol. The van der Waals surface area contributed by atoms with E-state index in [1.165, 1.54) is 0 Å². The summed E-state index contributed by atoms with van der Waals surface area (Å²) in [6.45, 7) is 18.0. The topological polar surface area (TPSA) is 139 Å². The molecule has 0 saturated carbocycles. The van der Waals surface area contributed by atoms with Gasteiger partial charge in [-0.1, -0.05) is 36.5 Å². The molecule has 0 bridgehead atoms. The zero-order valence-corrected chi connectivity index (χ0v) is 31.7. The van der Waals surface area contributed by atoms with Gasteiger partial charge in [0.1, 0.15) is 0 Å². The molecule has 2 amide bonds. The van der Waals surface area contributed by atoms with Crippen LogP contribution >= 0.6 is 0 Å². The Balaban J connectivity index is 1.79. The number of carbonyl (C=O) groups excluding carboxylic acids is 2. The lowest BCUT2D eigenvalue weighted by Gasteiger charge is -2.58. The van der Waals surface area contributed by atoms with E-state index in [0.29, 0.717) is 51.6 Å². The maximum Gasteiger partial charge on any atom is 0.309 e. The second-order valence-electron chi connectivity index (χ2n) is 18.2. The summed E-state index contributed by atoms with van der Waals surface area (Å²) in [5.41, 5.74) is -3.88. The molecule has 10 heteroatoms. The first kappa shape index (κ1) is 39.5. The van der Waals surface area contributed by atoms with E-state index in [4.69, 9.17) is 0 Å². The predicted octanol–water partition coefficient (Wildman–Crippen LogP) is 6.14. The van der Waals surface area contributed by atoms with E-state index in [1.54, 1.807) is 24.3 Å². The number of carbonyl (C=O) groups is 4. The molecule has 2 fully saturated rings. The fraction of sp³-hybridized carbons (Fsp3) is 0.700. The summed E-state index contributed by atoms with van der Waals surface area (Å²) in [4.78, 5) is 56.8. The molecular weight excluding hydrogens is 632 g/mol. The molecule has 0 unspecified atom stereocenters. The third-order valence-electron chi connectivity index (χ3n) is 11.3. The van der Waals surface area contributed by atoms with Crippen LogP contribution in [0.4, 0.5) is 0 Å². The Labute approximate surface area is 299 Å². The first-order chi connectivity index (χ1) is 23.0. The van der Waals surface area contributed by atoms with E-state index in [0.717, 1.165) is 0 Å². The largest absolute Gasteiger partial charge is 0.481 e. The van der Waals surface area contributed by atoms with E-state index in [2.05, 4.69) is 66.0 Å². The number of nitrogens with one attached hydrogen (secondary N) is 2. The molecule has 0 atom stereocenters. The van der Waals surface area contributed by atoms with Gasteiger partial charge in [0.2, 0.25) is 11.8 Å². The Morgan fingerprint density at radius 2 is 1.04 bits per heavy atom. The molecule has 4 aliphatic rings. The molecular formula is C40H62N4O6. The number of carboxylic acids is 2. The highest BCUT2D eigenvalue weighted by molar-refractivity contribution is 5.89. The van der Waals surface area contributed by atoms with Crippen LogP contribution in [0.15, 0.2) is 48.6 Å². The fourth-order valence-corrected chi connectivity index (χ4v) is 10.6. The van der Waals surface area contributed by atoms with Gasteiger partial charge in [0.15, 0.2) is 0 Å². The number of allylic oxidation sites excluding steroid dienone is 4. The molecule has 4 heterocycles. The van der Waals surface area contributed by atoms with Crippen LogP contribution in [0.1, 0.15) is 126 Å². The molecule has 0 aromatic heterocycles. The van der Waals surface area contributed by atoms with E-state index in [9.17, 15) is 29.4 Å². The Hall–Kier alpha value is -3.24. The van der Waals surface area contributed by atoms with Crippen molar-refractivity contribution in [3.8, 4) is 0 Å². The minimum Gasteiger partial charge on any atom is -0.481 e. The van der Waals surface area contributed by atoms with Crippen molar-refractivity contribution in [1.82, 2.24) is 20.4 Å². The standard InChI is InChI=1S/C40H62N4O6/c1-34(2)26-39(27-35(3,4)41-34,43-24-13-9-11-16-30(43)45)22-20-38(33(49)50,19-15-18-32(47)48)21-23-40(44-25-14-10-12-17-31(44)46)28-36(5,6)42-37(7,8)29-40/h9-14,16-17,41-42H,15,18-29H2,1-8H3,(H,47,48)(H,49,50). The van der Waals surface area contributed by atoms with Crippen LogP contribution in [-0.2, 0) is 19.2 Å². The van der Waals surface area contributed by atoms with Crippen molar-refractivity contribution >= 4 is 23.8 Å².